The van der Waals surface area contributed by atoms with Gasteiger partial charge in [0.25, 0.3) is 0 Å². The normalized spacial score (nSPS) is 10.2. The lowest BCUT2D eigenvalue weighted by Crippen LogP contribution is -1.86. The summed E-state index contributed by atoms with van der Waals surface area (Å²) in [5, 5.41) is 3.77. The van der Waals surface area contributed by atoms with E-state index in [-0.39, 0.29) is 0 Å². The van der Waals surface area contributed by atoms with Crippen molar-refractivity contribution in [3.05, 3.63) is 24.5 Å². The fourth-order valence-electron chi connectivity index (χ4n) is 0.917. The third-order valence-electron chi connectivity index (χ3n) is 1.56. The Hall–Kier alpha value is -1.78. The molecule has 0 bridgehead atoms. The molecule has 0 aliphatic carbocycles. The van der Waals surface area contributed by atoms with E-state index in [1.807, 2.05) is 6.92 Å². The van der Waals surface area contributed by atoms with E-state index in [2.05, 4.69) is 20.1 Å². The first kappa shape index (κ1) is 7.85. The lowest BCUT2D eigenvalue weighted by molar-refractivity contribution is 0.382. The van der Waals surface area contributed by atoms with Crippen molar-refractivity contribution in [2.45, 2.75) is 13.3 Å². The Bertz CT molecular complexity index is 384. The summed E-state index contributed by atoms with van der Waals surface area (Å²) in [5.74, 6) is 1.10. The molecule has 2 heterocycles. The number of hydrogen-bond donors (Lipinski definition) is 0. The number of rotatable bonds is 2. The van der Waals surface area contributed by atoms with E-state index in [1.165, 1.54) is 0 Å². The molecule has 0 unspecified atom stereocenters. The molecule has 5 heteroatoms. The van der Waals surface area contributed by atoms with E-state index in [0.717, 1.165) is 6.42 Å². The Balaban J connectivity index is 2.36. The second kappa shape index (κ2) is 3.30. The zero-order valence-electron chi connectivity index (χ0n) is 7.14. The van der Waals surface area contributed by atoms with Crippen molar-refractivity contribution in [1.82, 2.24) is 20.1 Å². The molecule has 0 atom stereocenters. The van der Waals surface area contributed by atoms with E-state index in [4.69, 9.17) is 4.52 Å². The van der Waals surface area contributed by atoms with Crippen LogP contribution in [0.5, 0.6) is 0 Å². The second-order valence-corrected chi connectivity index (χ2v) is 2.46. The van der Waals surface area contributed by atoms with Gasteiger partial charge >= 0.3 is 0 Å². The van der Waals surface area contributed by atoms with E-state index in [1.54, 1.807) is 18.6 Å². The van der Waals surface area contributed by atoms with Gasteiger partial charge in [0.05, 0.1) is 6.20 Å². The first-order chi connectivity index (χ1) is 6.40. The fourth-order valence-corrected chi connectivity index (χ4v) is 0.917. The predicted octanol–water partition coefficient (Wildman–Crippen LogP) is 1.09. The highest BCUT2D eigenvalue weighted by Gasteiger charge is 2.07. The molecule has 5 nitrogen and oxygen atoms in total. The van der Waals surface area contributed by atoms with Crippen LogP contribution in [0.3, 0.4) is 0 Å². The molecule has 0 fully saturated rings. The molecule has 2 rings (SSSR count). The van der Waals surface area contributed by atoms with Crippen molar-refractivity contribution in [1.29, 1.82) is 0 Å². The molecule has 13 heavy (non-hydrogen) atoms. The summed E-state index contributed by atoms with van der Waals surface area (Å²) in [6, 6.07) is 0. The summed E-state index contributed by atoms with van der Waals surface area (Å²) in [5.41, 5.74) is 0.631. The van der Waals surface area contributed by atoms with Gasteiger partial charge in [-0.1, -0.05) is 12.1 Å². The average molecular weight is 176 g/mol. The standard InChI is InChI=1S/C8H8N4O/c1-2-7-11-8(12-13-7)6-5-9-3-4-10-6/h3-5H,2H2,1H3. The molecular weight excluding hydrogens is 168 g/mol. The van der Waals surface area contributed by atoms with Crippen molar-refractivity contribution < 1.29 is 4.52 Å². The molecule has 0 aliphatic heterocycles. The van der Waals surface area contributed by atoms with Crippen molar-refractivity contribution in [3.8, 4) is 11.5 Å². The number of aryl methyl sites for hydroxylation is 1. The van der Waals surface area contributed by atoms with Crippen molar-refractivity contribution in [2.75, 3.05) is 0 Å². The van der Waals surface area contributed by atoms with Crippen molar-refractivity contribution in [2.24, 2.45) is 0 Å². The topological polar surface area (TPSA) is 64.7 Å². The minimum Gasteiger partial charge on any atom is -0.339 e. The van der Waals surface area contributed by atoms with Crippen molar-refractivity contribution >= 4 is 0 Å². The average Bonchev–Trinajstić information content (AvgIpc) is 2.67. The van der Waals surface area contributed by atoms with Crippen LogP contribution in [-0.4, -0.2) is 20.1 Å². The molecule has 66 valence electrons. The first-order valence-electron chi connectivity index (χ1n) is 3.99. The van der Waals surface area contributed by atoms with Crippen LogP contribution in [0.4, 0.5) is 0 Å². The van der Waals surface area contributed by atoms with Crippen LogP contribution in [0.2, 0.25) is 0 Å². The third kappa shape index (κ3) is 1.53. The predicted molar refractivity (Wildman–Crippen MR) is 44.7 cm³/mol. The largest absolute Gasteiger partial charge is 0.339 e. The van der Waals surface area contributed by atoms with Crippen LogP contribution in [0, 0.1) is 0 Å². The molecule has 2 aromatic rings. The van der Waals surface area contributed by atoms with Crippen LogP contribution >= 0.6 is 0 Å². The maximum Gasteiger partial charge on any atom is 0.226 e. The van der Waals surface area contributed by atoms with Gasteiger partial charge in [-0.2, -0.15) is 4.98 Å². The van der Waals surface area contributed by atoms with E-state index < -0.39 is 0 Å². The summed E-state index contributed by atoms with van der Waals surface area (Å²) in [7, 11) is 0. The Labute approximate surface area is 74.8 Å². The molecule has 0 amide bonds. The molecule has 2 aromatic heterocycles. The van der Waals surface area contributed by atoms with Crippen LogP contribution < -0.4 is 0 Å². The molecule has 0 N–H and O–H groups in total. The summed E-state index contributed by atoms with van der Waals surface area (Å²) in [4.78, 5) is 12.1. The van der Waals surface area contributed by atoms with Crippen LogP contribution in [0.1, 0.15) is 12.8 Å². The zero-order chi connectivity index (χ0) is 9.10. The van der Waals surface area contributed by atoms with Gasteiger partial charge in [-0.15, -0.1) is 0 Å². The van der Waals surface area contributed by atoms with Gasteiger partial charge < -0.3 is 4.52 Å². The summed E-state index contributed by atoms with van der Waals surface area (Å²) in [6.07, 6.45) is 5.53. The number of aromatic nitrogens is 4. The second-order valence-electron chi connectivity index (χ2n) is 2.46. The van der Waals surface area contributed by atoms with Gasteiger partial charge in [-0.05, 0) is 0 Å². The monoisotopic (exact) mass is 176 g/mol. The highest BCUT2D eigenvalue weighted by atomic mass is 16.5. The molecular formula is C8H8N4O. The minimum atomic E-state index is 0.491. The Morgan fingerprint density at radius 2 is 2.31 bits per heavy atom. The Kier molecular flexibility index (Phi) is 1.99. The minimum absolute atomic E-state index is 0.491. The number of hydrogen-bond acceptors (Lipinski definition) is 5. The first-order valence-corrected chi connectivity index (χ1v) is 3.99. The van der Waals surface area contributed by atoms with Crippen LogP contribution in [-0.2, 0) is 6.42 Å². The van der Waals surface area contributed by atoms with Gasteiger partial charge in [0, 0.05) is 18.8 Å². The van der Waals surface area contributed by atoms with Gasteiger partial charge in [0.15, 0.2) is 0 Å². The Morgan fingerprint density at radius 1 is 1.38 bits per heavy atom. The lowest BCUT2D eigenvalue weighted by atomic mass is 10.4. The SMILES string of the molecule is CCc1nc(-c2cnccn2)no1. The van der Waals surface area contributed by atoms with Gasteiger partial charge in [0.2, 0.25) is 11.7 Å². The summed E-state index contributed by atoms with van der Waals surface area (Å²) >= 11 is 0. The molecule has 0 radical (unpaired) electrons. The summed E-state index contributed by atoms with van der Waals surface area (Å²) in [6.45, 7) is 1.95. The zero-order valence-corrected chi connectivity index (χ0v) is 7.14. The maximum atomic E-state index is 4.94. The highest BCUT2D eigenvalue weighted by molar-refractivity contribution is 5.45. The van der Waals surface area contributed by atoms with Gasteiger partial charge in [-0.3, -0.25) is 4.98 Å². The molecule has 0 saturated carbocycles. The van der Waals surface area contributed by atoms with Gasteiger partial charge in [-0.25, -0.2) is 4.98 Å². The molecule has 0 aromatic carbocycles. The summed E-state index contributed by atoms with van der Waals surface area (Å²) < 4.78 is 4.94. The molecule has 0 spiro atoms. The molecule has 0 saturated heterocycles. The lowest BCUT2D eigenvalue weighted by Gasteiger charge is -1.88. The van der Waals surface area contributed by atoms with Gasteiger partial charge in [0.1, 0.15) is 5.69 Å². The maximum absolute atomic E-state index is 4.94. The smallest absolute Gasteiger partial charge is 0.226 e. The van der Waals surface area contributed by atoms with Crippen LogP contribution in [0.15, 0.2) is 23.1 Å². The number of nitrogens with zero attached hydrogens (tertiary/aromatic N) is 4. The van der Waals surface area contributed by atoms with E-state index in [9.17, 15) is 0 Å². The fraction of sp³-hybridized carbons (Fsp3) is 0.250. The van der Waals surface area contributed by atoms with Crippen molar-refractivity contribution in [3.63, 3.8) is 0 Å². The third-order valence-corrected chi connectivity index (χ3v) is 1.56. The van der Waals surface area contributed by atoms with E-state index >= 15 is 0 Å². The Morgan fingerprint density at radius 3 is 2.92 bits per heavy atom. The van der Waals surface area contributed by atoms with E-state index in [0.29, 0.717) is 17.4 Å². The molecule has 0 aliphatic rings. The van der Waals surface area contributed by atoms with Crippen LogP contribution in [0.25, 0.3) is 11.5 Å². The quantitative estimate of drug-likeness (QED) is 0.685. The highest BCUT2D eigenvalue weighted by Crippen LogP contribution is 2.10.